The molecule has 0 aromatic heterocycles. The number of hydrogen-bond donors (Lipinski definition) is 1. The lowest BCUT2D eigenvalue weighted by Gasteiger charge is -2.20. The van der Waals surface area contributed by atoms with Gasteiger partial charge in [-0.05, 0) is 66.7 Å². The Morgan fingerprint density at radius 1 is 1.00 bits per heavy atom. The van der Waals surface area contributed by atoms with E-state index in [2.05, 4.69) is 21.2 Å². The number of benzene rings is 3. The molecule has 8 heteroatoms. The number of rotatable bonds is 5. The molecule has 0 saturated heterocycles. The van der Waals surface area contributed by atoms with Crippen LogP contribution in [0.4, 0.5) is 11.4 Å². The third-order valence-electron chi connectivity index (χ3n) is 4.05. The summed E-state index contributed by atoms with van der Waals surface area (Å²) in [5.74, 6) is -0.326. The molecule has 0 aliphatic rings. The van der Waals surface area contributed by atoms with Crippen LogP contribution in [0.2, 0.25) is 5.02 Å². The van der Waals surface area contributed by atoms with Crippen LogP contribution in [0.3, 0.4) is 0 Å². The fourth-order valence-corrected chi connectivity index (χ4v) is 4.12. The molecule has 0 radical (unpaired) electrons. The van der Waals surface area contributed by atoms with Gasteiger partial charge in [-0.15, -0.1) is 0 Å². The van der Waals surface area contributed by atoms with Gasteiger partial charge >= 0.3 is 0 Å². The highest BCUT2D eigenvalue weighted by atomic mass is 79.9. The standard InChI is InChI=1S/C20H16BrClN2O3S/c1-24(18-11-9-16(22)10-12-18)28(26,27)19-4-2-3-17(13-19)23-20(25)14-5-7-15(21)8-6-14/h2-13H,1H3,(H,23,25). The van der Waals surface area contributed by atoms with Crippen LogP contribution in [0.1, 0.15) is 10.4 Å². The van der Waals surface area contributed by atoms with Crippen LogP contribution in [0.15, 0.2) is 82.2 Å². The van der Waals surface area contributed by atoms with Crippen LogP contribution >= 0.6 is 27.5 Å². The summed E-state index contributed by atoms with van der Waals surface area (Å²) >= 11 is 9.18. The lowest BCUT2D eigenvalue weighted by molar-refractivity contribution is 0.102. The minimum Gasteiger partial charge on any atom is -0.322 e. The van der Waals surface area contributed by atoms with Crippen LogP contribution in [-0.4, -0.2) is 21.4 Å². The predicted octanol–water partition coefficient (Wildman–Crippen LogP) is 5.18. The highest BCUT2D eigenvalue weighted by molar-refractivity contribution is 9.10. The molecule has 0 bridgehead atoms. The van der Waals surface area contributed by atoms with E-state index in [4.69, 9.17) is 11.6 Å². The number of amides is 1. The van der Waals surface area contributed by atoms with Gasteiger partial charge in [-0.25, -0.2) is 8.42 Å². The lowest BCUT2D eigenvalue weighted by atomic mass is 10.2. The molecule has 0 spiro atoms. The third-order valence-corrected chi connectivity index (χ3v) is 6.61. The Balaban J connectivity index is 1.84. The molecule has 1 N–H and O–H groups in total. The fraction of sp³-hybridized carbons (Fsp3) is 0.0500. The Morgan fingerprint density at radius 3 is 2.29 bits per heavy atom. The molecule has 3 aromatic carbocycles. The van der Waals surface area contributed by atoms with Gasteiger partial charge in [0.1, 0.15) is 0 Å². The first-order chi connectivity index (χ1) is 13.3. The summed E-state index contributed by atoms with van der Waals surface area (Å²) < 4.78 is 27.9. The Labute approximate surface area is 177 Å². The zero-order chi connectivity index (χ0) is 20.3. The van der Waals surface area contributed by atoms with Gasteiger partial charge in [0.2, 0.25) is 0 Å². The van der Waals surface area contributed by atoms with Crippen LogP contribution < -0.4 is 9.62 Å². The molecule has 3 rings (SSSR count). The van der Waals surface area contributed by atoms with E-state index in [0.717, 1.165) is 4.47 Å². The average molecular weight is 480 g/mol. The lowest BCUT2D eigenvalue weighted by Crippen LogP contribution is -2.26. The molecule has 0 fully saturated rings. The SMILES string of the molecule is CN(c1ccc(Cl)cc1)S(=O)(=O)c1cccc(NC(=O)c2ccc(Br)cc2)c1. The molecule has 1 amide bonds. The van der Waals surface area contributed by atoms with Crippen LogP contribution in [0.5, 0.6) is 0 Å². The van der Waals surface area contributed by atoms with Crippen LogP contribution in [0, 0.1) is 0 Å². The van der Waals surface area contributed by atoms with Crippen molar-refractivity contribution in [1.82, 2.24) is 0 Å². The van der Waals surface area contributed by atoms with Crippen molar-refractivity contribution in [3.63, 3.8) is 0 Å². The largest absolute Gasteiger partial charge is 0.322 e. The van der Waals surface area contributed by atoms with E-state index in [0.29, 0.717) is 22.0 Å². The van der Waals surface area contributed by atoms with Crippen molar-refractivity contribution >= 4 is 54.8 Å². The molecule has 28 heavy (non-hydrogen) atoms. The van der Waals surface area contributed by atoms with E-state index in [-0.39, 0.29) is 10.8 Å². The molecular weight excluding hydrogens is 464 g/mol. The molecule has 0 aliphatic carbocycles. The Kier molecular flexibility index (Phi) is 6.07. The zero-order valence-corrected chi connectivity index (χ0v) is 17.9. The van der Waals surface area contributed by atoms with Gasteiger partial charge in [-0.1, -0.05) is 33.6 Å². The summed E-state index contributed by atoms with van der Waals surface area (Å²) in [5, 5.41) is 3.24. The van der Waals surface area contributed by atoms with Gasteiger partial charge in [0.05, 0.1) is 10.6 Å². The third kappa shape index (κ3) is 4.55. The van der Waals surface area contributed by atoms with Crippen molar-refractivity contribution in [3.05, 3.63) is 87.9 Å². The molecule has 5 nitrogen and oxygen atoms in total. The second-order valence-electron chi connectivity index (χ2n) is 5.94. The van der Waals surface area contributed by atoms with Gasteiger partial charge < -0.3 is 5.32 Å². The van der Waals surface area contributed by atoms with E-state index in [1.54, 1.807) is 60.7 Å². The normalized spacial score (nSPS) is 11.1. The highest BCUT2D eigenvalue weighted by Crippen LogP contribution is 2.25. The summed E-state index contributed by atoms with van der Waals surface area (Å²) in [5.41, 5.74) is 1.34. The number of carbonyl (C=O) groups excluding carboxylic acids is 1. The van der Waals surface area contributed by atoms with E-state index in [1.165, 1.54) is 23.5 Å². The van der Waals surface area contributed by atoms with E-state index in [9.17, 15) is 13.2 Å². The number of hydrogen-bond acceptors (Lipinski definition) is 3. The van der Waals surface area contributed by atoms with Crippen molar-refractivity contribution in [2.24, 2.45) is 0 Å². The van der Waals surface area contributed by atoms with Crippen molar-refractivity contribution in [3.8, 4) is 0 Å². The second kappa shape index (κ2) is 8.34. The van der Waals surface area contributed by atoms with Gasteiger partial charge in [0.25, 0.3) is 15.9 Å². The number of anilines is 2. The van der Waals surface area contributed by atoms with E-state index < -0.39 is 10.0 Å². The maximum atomic E-state index is 12.9. The predicted molar refractivity (Wildman–Crippen MR) is 116 cm³/mol. The fourth-order valence-electron chi connectivity index (χ4n) is 2.49. The number of halogens is 2. The summed E-state index contributed by atoms with van der Waals surface area (Å²) in [7, 11) is -2.34. The maximum absolute atomic E-state index is 12.9. The number of sulfonamides is 1. The number of carbonyl (C=O) groups is 1. The first kappa shape index (κ1) is 20.4. The van der Waals surface area contributed by atoms with Crippen LogP contribution in [-0.2, 0) is 10.0 Å². The highest BCUT2D eigenvalue weighted by Gasteiger charge is 2.22. The molecule has 144 valence electrons. The van der Waals surface area contributed by atoms with Crippen LogP contribution in [0.25, 0.3) is 0 Å². The van der Waals surface area contributed by atoms with Crippen molar-refractivity contribution in [2.45, 2.75) is 4.90 Å². The first-order valence-corrected chi connectivity index (χ1v) is 10.8. The van der Waals surface area contributed by atoms with Gasteiger partial charge in [0.15, 0.2) is 0 Å². The molecule has 0 saturated carbocycles. The quantitative estimate of drug-likeness (QED) is 0.548. The molecule has 0 atom stereocenters. The summed E-state index contributed by atoms with van der Waals surface area (Å²) in [6, 6.07) is 19.5. The zero-order valence-electron chi connectivity index (χ0n) is 14.8. The summed E-state index contributed by atoms with van der Waals surface area (Å²) in [6.07, 6.45) is 0. The molecule has 0 aliphatic heterocycles. The van der Waals surface area contributed by atoms with Crippen molar-refractivity contribution in [1.29, 1.82) is 0 Å². The van der Waals surface area contributed by atoms with E-state index in [1.807, 2.05) is 0 Å². The van der Waals surface area contributed by atoms with Gasteiger partial charge in [-0.3, -0.25) is 9.10 Å². The smallest absolute Gasteiger partial charge is 0.264 e. The minimum absolute atomic E-state index is 0.0681. The summed E-state index contributed by atoms with van der Waals surface area (Å²) in [4.78, 5) is 12.4. The minimum atomic E-state index is -3.80. The van der Waals surface area contributed by atoms with Crippen molar-refractivity contribution in [2.75, 3.05) is 16.7 Å². The number of nitrogens with zero attached hydrogens (tertiary/aromatic N) is 1. The topological polar surface area (TPSA) is 66.5 Å². The maximum Gasteiger partial charge on any atom is 0.264 e. The molecule has 0 heterocycles. The Hall–Kier alpha value is -2.35. The monoisotopic (exact) mass is 478 g/mol. The average Bonchev–Trinajstić information content (AvgIpc) is 2.68. The molecule has 0 unspecified atom stereocenters. The first-order valence-electron chi connectivity index (χ1n) is 8.19. The molecular formula is C20H16BrClN2O3S. The summed E-state index contributed by atoms with van der Waals surface area (Å²) in [6.45, 7) is 0. The Morgan fingerprint density at radius 2 is 1.64 bits per heavy atom. The van der Waals surface area contributed by atoms with E-state index >= 15 is 0 Å². The number of nitrogens with one attached hydrogen (secondary N) is 1. The van der Waals surface area contributed by atoms with Gasteiger partial charge in [-0.2, -0.15) is 0 Å². The van der Waals surface area contributed by atoms with Gasteiger partial charge in [0, 0.05) is 27.8 Å². The second-order valence-corrected chi connectivity index (χ2v) is 9.26. The van der Waals surface area contributed by atoms with Crippen molar-refractivity contribution < 1.29 is 13.2 Å². The molecule has 3 aromatic rings. The Bertz CT molecular complexity index is 1100.